The molecule has 4 nitrogen and oxygen atoms in total. The van der Waals surface area contributed by atoms with Crippen molar-refractivity contribution in [1.82, 2.24) is 4.98 Å². The molecule has 0 amide bonds. The molecule has 0 aromatic carbocycles. The van der Waals surface area contributed by atoms with Gasteiger partial charge >= 0.3 is 5.97 Å². The highest BCUT2D eigenvalue weighted by molar-refractivity contribution is 6.01. The van der Waals surface area contributed by atoms with Crippen LogP contribution in [0.2, 0.25) is 0 Å². The molecule has 1 aromatic rings. The first-order chi connectivity index (χ1) is 7.87. The Hall–Kier alpha value is -1.58. The Labute approximate surface area is 100 Å². The van der Waals surface area contributed by atoms with Gasteiger partial charge in [0.2, 0.25) is 0 Å². The average Bonchev–Trinajstić information content (AvgIpc) is 2.60. The maximum Gasteiger partial charge on any atom is 0.355 e. The third-order valence-corrected chi connectivity index (χ3v) is 2.65. The molecule has 2 rings (SSSR count). The van der Waals surface area contributed by atoms with Crippen LogP contribution in [0.4, 0.5) is 0 Å². The zero-order valence-corrected chi connectivity index (χ0v) is 10.4. The van der Waals surface area contributed by atoms with Crippen LogP contribution in [0, 0.1) is 0 Å². The van der Waals surface area contributed by atoms with Gasteiger partial charge in [-0.1, -0.05) is 0 Å². The van der Waals surface area contributed by atoms with Crippen LogP contribution < -0.4 is 0 Å². The molecule has 0 saturated heterocycles. The summed E-state index contributed by atoms with van der Waals surface area (Å²) in [4.78, 5) is 26.4. The maximum atomic E-state index is 11.8. The molecule has 1 aromatic heterocycles. The van der Waals surface area contributed by atoms with Gasteiger partial charge < -0.3 is 9.72 Å². The number of rotatable bonds is 1. The van der Waals surface area contributed by atoms with Crippen molar-refractivity contribution in [2.24, 2.45) is 0 Å². The quantitative estimate of drug-likeness (QED) is 0.761. The van der Waals surface area contributed by atoms with E-state index in [4.69, 9.17) is 4.74 Å². The fraction of sp³-hybridized carbons (Fsp3) is 0.538. The van der Waals surface area contributed by atoms with Gasteiger partial charge in [-0.15, -0.1) is 0 Å². The van der Waals surface area contributed by atoms with Crippen molar-refractivity contribution in [2.75, 3.05) is 0 Å². The largest absolute Gasteiger partial charge is 0.455 e. The molecule has 1 N–H and O–H groups in total. The number of aryl methyl sites for hydroxylation is 1. The lowest BCUT2D eigenvalue weighted by Gasteiger charge is -2.18. The summed E-state index contributed by atoms with van der Waals surface area (Å²) in [5, 5.41) is 0. The third-order valence-electron chi connectivity index (χ3n) is 2.65. The number of esters is 1. The van der Waals surface area contributed by atoms with Crippen molar-refractivity contribution >= 4 is 11.8 Å². The number of ether oxygens (including phenoxy) is 1. The average molecular weight is 235 g/mol. The number of aromatic nitrogens is 1. The van der Waals surface area contributed by atoms with E-state index < -0.39 is 11.6 Å². The van der Waals surface area contributed by atoms with Gasteiger partial charge in [-0.25, -0.2) is 4.79 Å². The molecule has 17 heavy (non-hydrogen) atoms. The zero-order chi connectivity index (χ0) is 12.6. The molecule has 92 valence electrons. The molecule has 0 aliphatic heterocycles. The van der Waals surface area contributed by atoms with Gasteiger partial charge in [-0.3, -0.25) is 4.79 Å². The third kappa shape index (κ3) is 2.57. The van der Waals surface area contributed by atoms with E-state index in [0.717, 1.165) is 18.5 Å². The fourth-order valence-corrected chi connectivity index (χ4v) is 1.95. The maximum absolute atomic E-state index is 11.8. The molecular weight excluding hydrogens is 218 g/mol. The minimum atomic E-state index is -0.521. The number of nitrogens with one attached hydrogen (secondary N) is 1. The minimum Gasteiger partial charge on any atom is -0.455 e. The number of hydrogen-bond donors (Lipinski definition) is 1. The second-order valence-corrected chi connectivity index (χ2v) is 5.35. The van der Waals surface area contributed by atoms with Crippen LogP contribution in [0.25, 0.3) is 0 Å². The molecule has 0 fully saturated rings. The Balaban J connectivity index is 2.23. The summed E-state index contributed by atoms with van der Waals surface area (Å²) < 4.78 is 5.26. The normalized spacial score (nSPS) is 15.6. The number of carbonyl (C=O) groups is 2. The van der Waals surface area contributed by atoms with E-state index in [1.807, 2.05) is 20.8 Å². The van der Waals surface area contributed by atoms with E-state index in [1.165, 1.54) is 0 Å². The number of fused-ring (bicyclic) bond motifs is 1. The van der Waals surface area contributed by atoms with E-state index in [0.29, 0.717) is 17.7 Å². The second kappa shape index (κ2) is 4.02. The molecule has 1 heterocycles. The molecular formula is C13H17NO3. The summed E-state index contributed by atoms with van der Waals surface area (Å²) in [6.45, 7) is 5.46. The van der Waals surface area contributed by atoms with E-state index >= 15 is 0 Å². The monoisotopic (exact) mass is 235 g/mol. The Bertz CT molecular complexity index is 465. The fourth-order valence-electron chi connectivity index (χ4n) is 1.95. The van der Waals surface area contributed by atoms with Crippen molar-refractivity contribution in [2.45, 2.75) is 45.6 Å². The first-order valence-corrected chi connectivity index (χ1v) is 5.85. The van der Waals surface area contributed by atoms with Crippen molar-refractivity contribution in [1.29, 1.82) is 0 Å². The molecule has 0 radical (unpaired) electrons. The van der Waals surface area contributed by atoms with Gasteiger partial charge in [0.1, 0.15) is 11.3 Å². The van der Waals surface area contributed by atoms with Gasteiger partial charge in [0.05, 0.1) is 0 Å². The number of Topliss-reactive ketones (excluding diaryl/α,β-unsaturated/α-hetero) is 1. The molecule has 0 atom stereocenters. The second-order valence-electron chi connectivity index (χ2n) is 5.35. The summed E-state index contributed by atoms with van der Waals surface area (Å²) in [5.74, 6) is -0.294. The van der Waals surface area contributed by atoms with E-state index in [9.17, 15) is 9.59 Å². The van der Waals surface area contributed by atoms with Crippen LogP contribution >= 0.6 is 0 Å². The van der Waals surface area contributed by atoms with Gasteiger partial charge in [0.15, 0.2) is 5.78 Å². The molecule has 0 unspecified atom stereocenters. The number of carbonyl (C=O) groups excluding carboxylic acids is 2. The van der Waals surface area contributed by atoms with Crippen LogP contribution in [0.5, 0.6) is 0 Å². The van der Waals surface area contributed by atoms with Gasteiger partial charge in [-0.05, 0) is 39.7 Å². The van der Waals surface area contributed by atoms with Gasteiger partial charge in [0.25, 0.3) is 0 Å². The Kier molecular flexibility index (Phi) is 2.81. The van der Waals surface area contributed by atoms with Crippen LogP contribution in [-0.2, 0) is 11.2 Å². The Morgan fingerprint density at radius 1 is 1.35 bits per heavy atom. The predicted octanol–water partition coefficient (Wildman–Crippen LogP) is 2.49. The lowest BCUT2D eigenvalue weighted by molar-refractivity contribution is 0.00634. The molecule has 1 aliphatic carbocycles. The SMILES string of the molecule is CC(C)(C)OC(=O)c1cc2c([nH]1)CCCC2=O. The lowest BCUT2D eigenvalue weighted by atomic mass is 9.97. The summed E-state index contributed by atoms with van der Waals surface area (Å²) in [6, 6.07) is 1.62. The molecule has 0 bridgehead atoms. The highest BCUT2D eigenvalue weighted by Gasteiger charge is 2.24. The Morgan fingerprint density at radius 2 is 2.06 bits per heavy atom. The standard InChI is InChI=1S/C13H17NO3/c1-13(2,3)17-12(16)10-7-8-9(14-10)5-4-6-11(8)15/h7,14H,4-6H2,1-3H3. The van der Waals surface area contributed by atoms with Crippen molar-refractivity contribution in [3.05, 3.63) is 23.0 Å². The van der Waals surface area contributed by atoms with Crippen LogP contribution in [0.15, 0.2) is 6.07 Å². The predicted molar refractivity (Wildman–Crippen MR) is 63.2 cm³/mol. The van der Waals surface area contributed by atoms with Crippen LogP contribution in [0.1, 0.15) is 60.2 Å². The molecule has 1 aliphatic rings. The van der Waals surface area contributed by atoms with E-state index in [-0.39, 0.29) is 5.78 Å². The van der Waals surface area contributed by atoms with Gasteiger partial charge in [0, 0.05) is 17.7 Å². The number of hydrogen-bond acceptors (Lipinski definition) is 3. The minimum absolute atomic E-state index is 0.109. The summed E-state index contributed by atoms with van der Waals surface area (Å²) in [7, 11) is 0. The van der Waals surface area contributed by atoms with Gasteiger partial charge in [-0.2, -0.15) is 0 Å². The van der Waals surface area contributed by atoms with Crippen LogP contribution in [0.3, 0.4) is 0 Å². The summed E-state index contributed by atoms with van der Waals surface area (Å²) in [6.07, 6.45) is 2.24. The van der Waals surface area contributed by atoms with Crippen molar-refractivity contribution in [3.63, 3.8) is 0 Å². The highest BCUT2D eigenvalue weighted by Crippen LogP contribution is 2.23. The lowest BCUT2D eigenvalue weighted by Crippen LogP contribution is -2.24. The Morgan fingerprint density at radius 3 is 2.65 bits per heavy atom. The molecule has 0 spiro atoms. The number of aromatic amines is 1. The molecule has 0 saturated carbocycles. The molecule has 4 heteroatoms. The summed E-state index contributed by atoms with van der Waals surface area (Å²) in [5.41, 5.74) is 1.37. The smallest absolute Gasteiger partial charge is 0.355 e. The number of ketones is 1. The van der Waals surface area contributed by atoms with Crippen LogP contribution in [-0.4, -0.2) is 22.3 Å². The van der Waals surface area contributed by atoms with Crippen molar-refractivity contribution in [3.8, 4) is 0 Å². The number of H-pyrrole nitrogens is 1. The van der Waals surface area contributed by atoms with E-state index in [1.54, 1.807) is 6.07 Å². The van der Waals surface area contributed by atoms with E-state index in [2.05, 4.69) is 4.98 Å². The van der Waals surface area contributed by atoms with Crippen molar-refractivity contribution < 1.29 is 14.3 Å². The first-order valence-electron chi connectivity index (χ1n) is 5.85. The summed E-state index contributed by atoms with van der Waals surface area (Å²) >= 11 is 0. The zero-order valence-electron chi connectivity index (χ0n) is 10.4. The highest BCUT2D eigenvalue weighted by atomic mass is 16.6. The topological polar surface area (TPSA) is 59.2 Å². The first kappa shape index (κ1) is 11.9.